The van der Waals surface area contributed by atoms with Crippen LogP contribution in [0.4, 0.5) is 11.6 Å². The zero-order valence-electron chi connectivity index (χ0n) is 13.4. The van der Waals surface area contributed by atoms with E-state index in [1.807, 2.05) is 19.1 Å². The number of benzene rings is 1. The summed E-state index contributed by atoms with van der Waals surface area (Å²) in [4.78, 5) is 33.0. The van der Waals surface area contributed by atoms with Crippen molar-refractivity contribution in [2.45, 2.75) is 13.3 Å². The summed E-state index contributed by atoms with van der Waals surface area (Å²) in [5.41, 5.74) is 1.75. The lowest BCUT2D eigenvalue weighted by molar-refractivity contribution is -0.402. The van der Waals surface area contributed by atoms with Crippen molar-refractivity contribution in [3.05, 3.63) is 63.9 Å². The van der Waals surface area contributed by atoms with Crippen LogP contribution in [0.1, 0.15) is 18.2 Å². The fourth-order valence-corrected chi connectivity index (χ4v) is 1.89. The Hall–Kier alpha value is -3.42. The van der Waals surface area contributed by atoms with Crippen LogP contribution < -0.4 is 5.32 Å². The van der Waals surface area contributed by atoms with Gasteiger partial charge < -0.3 is 14.5 Å². The predicted octanol–water partition coefficient (Wildman–Crippen LogP) is 2.95. The zero-order valence-corrected chi connectivity index (χ0v) is 13.4. The minimum Gasteiger partial charge on any atom is -0.452 e. The summed E-state index contributed by atoms with van der Waals surface area (Å²) in [5, 5.41) is 13.1. The third kappa shape index (κ3) is 5.61. The molecule has 0 radical (unpaired) electrons. The smallest absolute Gasteiger partial charge is 0.433 e. The van der Waals surface area contributed by atoms with Crippen LogP contribution in [0, 0.1) is 10.1 Å². The molecule has 0 aliphatic rings. The molecule has 0 atom stereocenters. The predicted molar refractivity (Wildman–Crippen MR) is 89.8 cm³/mol. The quantitative estimate of drug-likeness (QED) is 0.358. The fourth-order valence-electron chi connectivity index (χ4n) is 1.89. The normalized spacial score (nSPS) is 10.6. The molecular weight excluding hydrogens is 328 g/mol. The first-order chi connectivity index (χ1) is 12.0. The largest absolute Gasteiger partial charge is 0.452 e. The number of furan rings is 1. The number of amides is 1. The van der Waals surface area contributed by atoms with Crippen LogP contribution >= 0.6 is 0 Å². The van der Waals surface area contributed by atoms with Crippen molar-refractivity contribution >= 4 is 29.5 Å². The minimum atomic E-state index is -0.768. The Balaban J connectivity index is 1.78. The van der Waals surface area contributed by atoms with Crippen LogP contribution in [0.3, 0.4) is 0 Å². The van der Waals surface area contributed by atoms with Gasteiger partial charge in [-0.1, -0.05) is 19.1 Å². The third-order valence-corrected chi connectivity index (χ3v) is 3.17. The average molecular weight is 344 g/mol. The summed E-state index contributed by atoms with van der Waals surface area (Å²) in [6.07, 6.45) is 3.14. The van der Waals surface area contributed by atoms with Crippen molar-refractivity contribution in [1.29, 1.82) is 0 Å². The number of hydrogen-bond acceptors (Lipinski definition) is 6. The van der Waals surface area contributed by atoms with E-state index in [0.717, 1.165) is 18.1 Å². The maximum absolute atomic E-state index is 11.7. The van der Waals surface area contributed by atoms with Crippen LogP contribution in [0.15, 0.2) is 46.9 Å². The van der Waals surface area contributed by atoms with Crippen molar-refractivity contribution in [3.8, 4) is 0 Å². The Bertz CT molecular complexity index is 792. The third-order valence-electron chi connectivity index (χ3n) is 3.17. The molecule has 0 saturated carbocycles. The second-order valence-electron chi connectivity index (χ2n) is 4.97. The van der Waals surface area contributed by atoms with Gasteiger partial charge in [0, 0.05) is 11.8 Å². The minimum absolute atomic E-state index is 0.129. The molecule has 0 unspecified atom stereocenters. The molecule has 2 aromatic rings. The summed E-state index contributed by atoms with van der Waals surface area (Å²) in [5.74, 6) is -1.54. The van der Waals surface area contributed by atoms with Crippen LogP contribution in [0.25, 0.3) is 6.08 Å². The summed E-state index contributed by atoms with van der Waals surface area (Å²) in [6, 6.07) is 9.83. The van der Waals surface area contributed by atoms with E-state index in [2.05, 4.69) is 5.32 Å². The van der Waals surface area contributed by atoms with Gasteiger partial charge in [-0.2, -0.15) is 0 Å². The van der Waals surface area contributed by atoms with Gasteiger partial charge >= 0.3 is 11.9 Å². The number of hydrogen-bond donors (Lipinski definition) is 1. The summed E-state index contributed by atoms with van der Waals surface area (Å²) >= 11 is 0. The molecule has 0 aliphatic heterocycles. The van der Waals surface area contributed by atoms with E-state index in [1.54, 1.807) is 12.1 Å². The Kier molecular flexibility index (Phi) is 6.05. The molecule has 1 N–H and O–H groups in total. The number of aryl methyl sites for hydroxylation is 1. The summed E-state index contributed by atoms with van der Waals surface area (Å²) in [6.45, 7) is 1.58. The molecule has 0 fully saturated rings. The van der Waals surface area contributed by atoms with E-state index in [1.165, 1.54) is 18.2 Å². The molecule has 1 heterocycles. The van der Waals surface area contributed by atoms with Gasteiger partial charge in [0.05, 0.1) is 6.07 Å². The van der Waals surface area contributed by atoms with Gasteiger partial charge in [-0.05, 0) is 36.3 Å². The first-order valence-electron chi connectivity index (χ1n) is 7.45. The molecule has 25 heavy (non-hydrogen) atoms. The highest BCUT2D eigenvalue weighted by atomic mass is 16.6. The molecule has 0 bridgehead atoms. The van der Waals surface area contributed by atoms with Gasteiger partial charge in [0.1, 0.15) is 10.7 Å². The molecule has 0 saturated heterocycles. The Labute approximate surface area is 143 Å². The number of anilines is 1. The number of esters is 1. The van der Waals surface area contributed by atoms with Crippen molar-refractivity contribution in [3.63, 3.8) is 0 Å². The van der Waals surface area contributed by atoms with Gasteiger partial charge in [0.2, 0.25) is 0 Å². The highest BCUT2D eigenvalue weighted by molar-refractivity contribution is 5.94. The number of carbonyl (C=O) groups is 2. The van der Waals surface area contributed by atoms with Gasteiger partial charge in [0.25, 0.3) is 5.91 Å². The molecule has 2 rings (SSSR count). The molecule has 1 aromatic carbocycles. The molecule has 130 valence electrons. The first-order valence-corrected chi connectivity index (χ1v) is 7.45. The van der Waals surface area contributed by atoms with Crippen molar-refractivity contribution in [1.82, 2.24) is 0 Å². The monoisotopic (exact) mass is 344 g/mol. The van der Waals surface area contributed by atoms with Crippen molar-refractivity contribution in [2.24, 2.45) is 0 Å². The van der Waals surface area contributed by atoms with Crippen LogP contribution in [-0.2, 0) is 20.7 Å². The van der Waals surface area contributed by atoms with E-state index < -0.39 is 29.3 Å². The molecule has 1 amide bonds. The number of ether oxygens (including phenoxy) is 1. The lowest BCUT2D eigenvalue weighted by atomic mass is 10.1. The van der Waals surface area contributed by atoms with Gasteiger partial charge in [-0.15, -0.1) is 0 Å². The van der Waals surface area contributed by atoms with E-state index in [9.17, 15) is 19.7 Å². The average Bonchev–Trinajstić information content (AvgIpc) is 3.08. The number of carbonyl (C=O) groups excluding carboxylic acids is 2. The SMILES string of the molecule is CCc1ccc(NC(=O)COC(=O)/C=C/c2ccc([N+](=O)[O-])o2)cc1. The standard InChI is InChI=1S/C17H16N2O6/c1-2-12-3-5-13(6-4-12)18-15(20)11-24-17(21)10-8-14-7-9-16(25-14)19(22)23/h3-10H,2,11H2,1H3,(H,18,20)/b10-8+. The molecule has 8 heteroatoms. The highest BCUT2D eigenvalue weighted by Gasteiger charge is 2.10. The highest BCUT2D eigenvalue weighted by Crippen LogP contribution is 2.16. The second kappa shape index (κ2) is 8.44. The second-order valence-corrected chi connectivity index (χ2v) is 4.97. The fraction of sp³-hybridized carbons (Fsp3) is 0.176. The Morgan fingerprint density at radius 2 is 1.96 bits per heavy atom. The number of nitrogens with zero attached hydrogens (tertiary/aromatic N) is 1. The van der Waals surface area contributed by atoms with E-state index >= 15 is 0 Å². The number of nitrogens with one attached hydrogen (secondary N) is 1. The topological polar surface area (TPSA) is 112 Å². The maximum atomic E-state index is 11.7. The zero-order chi connectivity index (χ0) is 18.2. The number of rotatable bonds is 7. The first kappa shape index (κ1) is 17.9. The molecule has 8 nitrogen and oxygen atoms in total. The number of nitro groups is 1. The van der Waals surface area contributed by atoms with E-state index in [-0.39, 0.29) is 5.76 Å². The van der Waals surface area contributed by atoms with Crippen LogP contribution in [0.5, 0.6) is 0 Å². The summed E-state index contributed by atoms with van der Waals surface area (Å²) < 4.78 is 9.63. The molecule has 0 aliphatic carbocycles. The molecule has 0 spiro atoms. The van der Waals surface area contributed by atoms with Crippen molar-refractivity contribution < 1.29 is 23.7 Å². The van der Waals surface area contributed by atoms with Crippen molar-refractivity contribution in [2.75, 3.05) is 11.9 Å². The van der Waals surface area contributed by atoms with E-state index in [0.29, 0.717) is 5.69 Å². The van der Waals surface area contributed by atoms with Crippen LogP contribution in [0.2, 0.25) is 0 Å². The maximum Gasteiger partial charge on any atom is 0.433 e. The lowest BCUT2D eigenvalue weighted by Gasteiger charge is -2.06. The van der Waals surface area contributed by atoms with Gasteiger partial charge in [-0.3, -0.25) is 14.9 Å². The molecule has 1 aromatic heterocycles. The summed E-state index contributed by atoms with van der Waals surface area (Å²) in [7, 11) is 0. The Morgan fingerprint density at radius 3 is 2.56 bits per heavy atom. The Morgan fingerprint density at radius 1 is 1.24 bits per heavy atom. The molecular formula is C17H16N2O6. The van der Waals surface area contributed by atoms with Gasteiger partial charge in [-0.25, -0.2) is 4.79 Å². The van der Waals surface area contributed by atoms with E-state index in [4.69, 9.17) is 9.15 Å². The van der Waals surface area contributed by atoms with Gasteiger partial charge in [0.15, 0.2) is 6.61 Å². The van der Waals surface area contributed by atoms with Crippen LogP contribution in [-0.4, -0.2) is 23.4 Å². The lowest BCUT2D eigenvalue weighted by Crippen LogP contribution is -2.20.